The van der Waals surface area contributed by atoms with E-state index in [-0.39, 0.29) is 0 Å². The lowest BCUT2D eigenvalue weighted by atomic mass is 10.1. The van der Waals surface area contributed by atoms with Gasteiger partial charge in [-0.2, -0.15) is 5.26 Å². The van der Waals surface area contributed by atoms with Crippen LogP contribution in [-0.2, 0) is 0 Å². The predicted molar refractivity (Wildman–Crippen MR) is 90.2 cm³/mol. The molecule has 0 saturated heterocycles. The SMILES string of the molecule is CN(C)c1ccc(N(C)CC(O)c2ccc(C#N)cc2)cc1. The van der Waals surface area contributed by atoms with Crippen molar-refractivity contribution < 1.29 is 5.11 Å². The molecule has 0 aliphatic heterocycles. The minimum Gasteiger partial charge on any atom is -0.387 e. The number of hydrogen-bond donors (Lipinski definition) is 1. The first-order chi connectivity index (χ1) is 10.5. The Bertz CT molecular complexity index is 642. The van der Waals surface area contributed by atoms with Gasteiger partial charge in [-0.1, -0.05) is 12.1 Å². The van der Waals surface area contributed by atoms with Crippen molar-refractivity contribution in [1.82, 2.24) is 0 Å². The van der Waals surface area contributed by atoms with Crippen molar-refractivity contribution >= 4 is 11.4 Å². The summed E-state index contributed by atoms with van der Waals surface area (Å²) in [4.78, 5) is 4.07. The average Bonchev–Trinajstić information content (AvgIpc) is 2.54. The third kappa shape index (κ3) is 3.78. The van der Waals surface area contributed by atoms with Crippen LogP contribution in [0.4, 0.5) is 11.4 Å². The molecule has 114 valence electrons. The zero-order valence-corrected chi connectivity index (χ0v) is 13.2. The second-order valence-electron chi connectivity index (χ2n) is 5.54. The van der Waals surface area contributed by atoms with E-state index in [1.807, 2.05) is 38.2 Å². The fourth-order valence-electron chi connectivity index (χ4n) is 2.26. The van der Waals surface area contributed by atoms with Crippen molar-refractivity contribution in [2.75, 3.05) is 37.5 Å². The van der Waals surface area contributed by atoms with Crippen molar-refractivity contribution in [1.29, 1.82) is 5.26 Å². The first-order valence-corrected chi connectivity index (χ1v) is 7.18. The van der Waals surface area contributed by atoms with E-state index in [9.17, 15) is 5.11 Å². The van der Waals surface area contributed by atoms with Gasteiger partial charge in [0.15, 0.2) is 0 Å². The molecule has 0 aliphatic rings. The number of nitrogens with zero attached hydrogens (tertiary/aromatic N) is 3. The molecular weight excluding hydrogens is 274 g/mol. The van der Waals surface area contributed by atoms with Crippen LogP contribution >= 0.6 is 0 Å². The third-order valence-electron chi connectivity index (χ3n) is 3.68. The van der Waals surface area contributed by atoms with E-state index in [1.54, 1.807) is 24.3 Å². The minimum atomic E-state index is -0.591. The molecule has 0 aromatic heterocycles. The molecule has 2 aromatic carbocycles. The Morgan fingerprint density at radius 2 is 1.50 bits per heavy atom. The van der Waals surface area contributed by atoms with E-state index in [2.05, 4.69) is 23.1 Å². The molecule has 4 nitrogen and oxygen atoms in total. The summed E-state index contributed by atoms with van der Waals surface area (Å²) in [7, 11) is 5.97. The zero-order chi connectivity index (χ0) is 16.1. The lowest BCUT2D eigenvalue weighted by molar-refractivity contribution is 0.185. The van der Waals surface area contributed by atoms with Crippen LogP contribution in [0.15, 0.2) is 48.5 Å². The van der Waals surface area contributed by atoms with Crippen LogP contribution < -0.4 is 9.80 Å². The van der Waals surface area contributed by atoms with Crippen LogP contribution in [0, 0.1) is 11.3 Å². The second kappa shape index (κ2) is 6.97. The number of likely N-dealkylation sites (N-methyl/N-ethyl adjacent to an activating group) is 1. The first kappa shape index (κ1) is 15.9. The first-order valence-electron chi connectivity index (χ1n) is 7.18. The maximum atomic E-state index is 10.3. The van der Waals surface area contributed by atoms with Gasteiger partial charge in [0.2, 0.25) is 0 Å². The highest BCUT2D eigenvalue weighted by Crippen LogP contribution is 2.21. The molecule has 0 radical (unpaired) electrons. The number of aliphatic hydroxyl groups excluding tert-OH is 1. The highest BCUT2D eigenvalue weighted by molar-refractivity contribution is 5.55. The Hall–Kier alpha value is -2.51. The molecule has 1 N–H and O–H groups in total. The van der Waals surface area contributed by atoms with Crippen LogP contribution in [0.2, 0.25) is 0 Å². The van der Waals surface area contributed by atoms with Crippen molar-refractivity contribution in [2.45, 2.75) is 6.10 Å². The number of hydrogen-bond acceptors (Lipinski definition) is 4. The van der Waals surface area contributed by atoms with Gasteiger partial charge < -0.3 is 14.9 Å². The molecule has 0 saturated carbocycles. The molecule has 0 spiro atoms. The van der Waals surface area contributed by atoms with E-state index in [4.69, 9.17) is 5.26 Å². The lowest BCUT2D eigenvalue weighted by Crippen LogP contribution is -2.24. The average molecular weight is 295 g/mol. The fraction of sp³-hybridized carbons (Fsp3) is 0.278. The van der Waals surface area contributed by atoms with Crippen LogP contribution in [0.25, 0.3) is 0 Å². The van der Waals surface area contributed by atoms with Crippen molar-refractivity contribution in [3.63, 3.8) is 0 Å². The second-order valence-corrected chi connectivity index (χ2v) is 5.54. The largest absolute Gasteiger partial charge is 0.387 e. The molecule has 0 heterocycles. The Kier molecular flexibility index (Phi) is 5.03. The van der Waals surface area contributed by atoms with Crippen molar-refractivity contribution in [2.24, 2.45) is 0 Å². The molecule has 0 amide bonds. The highest BCUT2D eigenvalue weighted by atomic mass is 16.3. The van der Waals surface area contributed by atoms with Crippen LogP contribution in [-0.4, -0.2) is 32.8 Å². The quantitative estimate of drug-likeness (QED) is 0.921. The predicted octanol–water partition coefficient (Wildman–Crippen LogP) is 2.79. The van der Waals surface area contributed by atoms with Gasteiger partial charge in [0, 0.05) is 39.1 Å². The van der Waals surface area contributed by atoms with Gasteiger partial charge in [0.05, 0.1) is 17.7 Å². The van der Waals surface area contributed by atoms with E-state index < -0.39 is 6.10 Å². The molecule has 1 atom stereocenters. The Morgan fingerprint density at radius 3 is 2.00 bits per heavy atom. The topological polar surface area (TPSA) is 50.5 Å². The molecule has 0 fully saturated rings. The monoisotopic (exact) mass is 295 g/mol. The van der Waals surface area contributed by atoms with Crippen LogP contribution in [0.1, 0.15) is 17.2 Å². The zero-order valence-electron chi connectivity index (χ0n) is 13.2. The summed E-state index contributed by atoms with van der Waals surface area (Å²) in [5.74, 6) is 0. The van der Waals surface area contributed by atoms with E-state index in [1.165, 1.54) is 0 Å². The Labute approximate surface area is 131 Å². The molecular formula is C18H21N3O. The van der Waals surface area contributed by atoms with E-state index >= 15 is 0 Å². The summed E-state index contributed by atoms with van der Waals surface area (Å²) in [5.41, 5.74) is 3.61. The van der Waals surface area contributed by atoms with Gasteiger partial charge in [-0.15, -0.1) is 0 Å². The minimum absolute atomic E-state index is 0.493. The Morgan fingerprint density at radius 1 is 0.955 bits per heavy atom. The number of rotatable bonds is 5. The maximum absolute atomic E-state index is 10.3. The van der Waals surface area contributed by atoms with Crippen molar-refractivity contribution in [3.05, 3.63) is 59.7 Å². The summed E-state index contributed by atoms with van der Waals surface area (Å²) >= 11 is 0. The molecule has 2 aromatic rings. The summed E-state index contributed by atoms with van der Waals surface area (Å²) in [5, 5.41) is 19.1. The Balaban J connectivity index is 2.03. The van der Waals surface area contributed by atoms with Crippen molar-refractivity contribution in [3.8, 4) is 6.07 Å². The summed E-state index contributed by atoms with van der Waals surface area (Å²) in [6.45, 7) is 0.493. The molecule has 2 rings (SSSR count). The molecule has 4 heteroatoms. The van der Waals surface area contributed by atoms with Gasteiger partial charge in [0.1, 0.15) is 0 Å². The summed E-state index contributed by atoms with van der Waals surface area (Å²) in [6.07, 6.45) is -0.591. The van der Waals surface area contributed by atoms with Gasteiger partial charge in [-0.3, -0.25) is 0 Å². The fourth-order valence-corrected chi connectivity index (χ4v) is 2.26. The van der Waals surface area contributed by atoms with E-state index in [0.717, 1.165) is 16.9 Å². The summed E-state index contributed by atoms with van der Waals surface area (Å²) < 4.78 is 0. The maximum Gasteiger partial charge on any atom is 0.0991 e. The summed E-state index contributed by atoms with van der Waals surface area (Å²) in [6, 6.07) is 17.3. The number of anilines is 2. The number of nitriles is 1. The number of aliphatic hydroxyl groups is 1. The van der Waals surface area contributed by atoms with Crippen LogP contribution in [0.3, 0.4) is 0 Å². The smallest absolute Gasteiger partial charge is 0.0991 e. The molecule has 0 bridgehead atoms. The van der Waals surface area contributed by atoms with Gasteiger partial charge >= 0.3 is 0 Å². The normalized spacial score (nSPS) is 11.6. The highest BCUT2D eigenvalue weighted by Gasteiger charge is 2.11. The van der Waals surface area contributed by atoms with Gasteiger partial charge in [0.25, 0.3) is 0 Å². The van der Waals surface area contributed by atoms with Gasteiger partial charge in [-0.25, -0.2) is 0 Å². The van der Waals surface area contributed by atoms with Crippen LogP contribution in [0.5, 0.6) is 0 Å². The molecule has 1 unspecified atom stereocenters. The lowest BCUT2D eigenvalue weighted by Gasteiger charge is -2.24. The standard InChI is InChI=1S/C18H21N3O/c1-20(2)16-8-10-17(11-9-16)21(3)13-18(22)15-6-4-14(12-19)5-7-15/h4-11,18,22H,13H2,1-3H3. The molecule has 22 heavy (non-hydrogen) atoms. The van der Waals surface area contributed by atoms with Gasteiger partial charge in [-0.05, 0) is 42.0 Å². The third-order valence-corrected chi connectivity index (χ3v) is 3.68. The number of benzene rings is 2. The molecule has 0 aliphatic carbocycles. The van der Waals surface area contributed by atoms with E-state index in [0.29, 0.717) is 12.1 Å².